The number of anilines is 1. The van der Waals surface area contributed by atoms with Crippen molar-refractivity contribution in [3.05, 3.63) is 89.2 Å². The number of carboxylic acids is 1. The zero-order valence-corrected chi connectivity index (χ0v) is 22.8. The molecule has 0 aliphatic heterocycles. The number of methoxy groups -OCH3 is 1. The summed E-state index contributed by atoms with van der Waals surface area (Å²) < 4.78 is 11.1. The second-order valence-corrected chi connectivity index (χ2v) is 10.1. The number of hydrogen-bond donors (Lipinski definition) is 2. The molecule has 3 rings (SSSR count). The minimum atomic E-state index is -0.755. The predicted molar refractivity (Wildman–Crippen MR) is 154 cm³/mol. The first-order valence-corrected chi connectivity index (χ1v) is 13.3. The normalized spacial score (nSPS) is 11.6. The lowest BCUT2D eigenvalue weighted by Gasteiger charge is -2.18. The summed E-state index contributed by atoms with van der Waals surface area (Å²) >= 11 is 0. The molecular formula is C32H40N2O4. The van der Waals surface area contributed by atoms with Crippen molar-refractivity contribution in [3.63, 3.8) is 0 Å². The van der Waals surface area contributed by atoms with Crippen LogP contribution in [-0.4, -0.2) is 36.3 Å². The van der Waals surface area contributed by atoms with Crippen molar-refractivity contribution >= 4 is 23.8 Å². The number of benzene rings is 2. The maximum absolute atomic E-state index is 11.2. The van der Waals surface area contributed by atoms with Crippen molar-refractivity contribution in [3.8, 4) is 5.75 Å². The Morgan fingerprint density at radius 3 is 2.55 bits per heavy atom. The fraction of sp³-hybridized carbons (Fsp3) is 0.375. The standard InChI is InChI=1S/C32H40N2O4/c1-32(2,31(35)36)20-8-21-33-28-12-6-10-26(23-28)14-17-27-11-7-13-29(34-27)24-38-22-5-4-9-25-15-18-30(37-3)19-16-25/h6-7,10-19,23,33H,4-5,8-9,20-22,24H2,1-3H3,(H,35,36). The number of rotatable bonds is 16. The minimum Gasteiger partial charge on any atom is -0.497 e. The summed E-state index contributed by atoms with van der Waals surface area (Å²) in [4.78, 5) is 15.9. The molecule has 0 amide bonds. The number of nitrogens with zero attached hydrogens (tertiary/aromatic N) is 1. The second kappa shape index (κ2) is 14.9. The number of unbranched alkanes of at least 4 members (excludes halogenated alkanes) is 1. The summed E-state index contributed by atoms with van der Waals surface area (Å²) in [6.07, 6.45) is 8.60. The number of carboxylic acid groups (broad SMARTS) is 1. The van der Waals surface area contributed by atoms with Crippen molar-refractivity contribution in [1.29, 1.82) is 0 Å². The Bertz CT molecular complexity index is 1170. The topological polar surface area (TPSA) is 80.7 Å². The van der Waals surface area contributed by atoms with E-state index in [4.69, 9.17) is 14.5 Å². The van der Waals surface area contributed by atoms with E-state index in [1.54, 1.807) is 21.0 Å². The molecule has 202 valence electrons. The Morgan fingerprint density at radius 1 is 1.00 bits per heavy atom. The van der Waals surface area contributed by atoms with Crippen molar-refractivity contribution < 1.29 is 19.4 Å². The molecule has 2 aromatic carbocycles. The van der Waals surface area contributed by atoms with Gasteiger partial charge in [-0.2, -0.15) is 0 Å². The minimum absolute atomic E-state index is 0.502. The molecule has 1 heterocycles. The first kappa shape index (κ1) is 28.9. The smallest absolute Gasteiger partial charge is 0.309 e. The van der Waals surface area contributed by atoms with Crippen LogP contribution in [0, 0.1) is 5.41 Å². The molecule has 0 aliphatic carbocycles. The second-order valence-electron chi connectivity index (χ2n) is 10.1. The molecule has 2 N–H and O–H groups in total. The van der Waals surface area contributed by atoms with Crippen molar-refractivity contribution in [2.24, 2.45) is 5.41 Å². The molecule has 0 atom stereocenters. The van der Waals surface area contributed by atoms with Crippen LogP contribution in [0.2, 0.25) is 0 Å². The molecule has 0 bridgehead atoms. The number of ether oxygens (including phenoxy) is 2. The van der Waals surface area contributed by atoms with Crippen molar-refractivity contribution in [2.45, 2.75) is 52.6 Å². The molecule has 6 nitrogen and oxygen atoms in total. The molecule has 0 radical (unpaired) electrons. The van der Waals surface area contributed by atoms with Gasteiger partial charge in [-0.15, -0.1) is 0 Å². The van der Waals surface area contributed by atoms with E-state index in [0.717, 1.165) is 60.6 Å². The third kappa shape index (κ3) is 10.0. The number of aromatic nitrogens is 1. The molecule has 3 aromatic rings. The van der Waals surface area contributed by atoms with Crippen LogP contribution in [0.5, 0.6) is 5.75 Å². The average Bonchev–Trinajstić information content (AvgIpc) is 2.92. The fourth-order valence-corrected chi connectivity index (χ4v) is 3.98. The maximum Gasteiger partial charge on any atom is 0.309 e. The van der Waals surface area contributed by atoms with Crippen LogP contribution >= 0.6 is 0 Å². The number of nitrogens with one attached hydrogen (secondary N) is 1. The molecular weight excluding hydrogens is 476 g/mol. The SMILES string of the molecule is COc1ccc(CCCCOCc2cccc(C=Cc3cccc(NCCCC(C)(C)C(=O)O)c3)n2)cc1. The molecule has 0 fully saturated rings. The summed E-state index contributed by atoms with van der Waals surface area (Å²) in [5.41, 5.74) is 4.51. The number of aliphatic carboxylic acids is 1. The lowest BCUT2D eigenvalue weighted by molar-refractivity contribution is -0.147. The molecule has 1 aromatic heterocycles. The van der Waals surface area contributed by atoms with E-state index >= 15 is 0 Å². The van der Waals surface area contributed by atoms with E-state index in [1.807, 2.05) is 60.7 Å². The van der Waals surface area contributed by atoms with Gasteiger partial charge in [0, 0.05) is 18.8 Å². The van der Waals surface area contributed by atoms with E-state index in [0.29, 0.717) is 19.6 Å². The van der Waals surface area contributed by atoms with Gasteiger partial charge in [0.2, 0.25) is 0 Å². The van der Waals surface area contributed by atoms with Gasteiger partial charge in [0.05, 0.1) is 30.5 Å². The van der Waals surface area contributed by atoms with Crippen LogP contribution in [-0.2, 0) is 22.6 Å². The van der Waals surface area contributed by atoms with Gasteiger partial charge in [-0.05, 0) is 99.6 Å². The molecule has 6 heteroatoms. The largest absolute Gasteiger partial charge is 0.497 e. The summed E-state index contributed by atoms with van der Waals surface area (Å²) in [6.45, 7) is 5.48. The molecule has 0 saturated carbocycles. The average molecular weight is 517 g/mol. The molecule has 0 spiro atoms. The van der Waals surface area contributed by atoms with Gasteiger partial charge in [0.1, 0.15) is 5.75 Å². The Hall–Kier alpha value is -3.64. The third-order valence-corrected chi connectivity index (χ3v) is 6.46. The Balaban J connectivity index is 1.39. The molecule has 38 heavy (non-hydrogen) atoms. The van der Waals surface area contributed by atoms with Crippen LogP contribution in [0.15, 0.2) is 66.7 Å². The molecule has 0 unspecified atom stereocenters. The lowest BCUT2D eigenvalue weighted by atomic mass is 9.88. The fourth-order valence-electron chi connectivity index (χ4n) is 3.98. The highest BCUT2D eigenvalue weighted by atomic mass is 16.5. The van der Waals surface area contributed by atoms with Gasteiger partial charge in [-0.1, -0.05) is 36.4 Å². The van der Waals surface area contributed by atoms with Gasteiger partial charge >= 0.3 is 5.97 Å². The highest BCUT2D eigenvalue weighted by molar-refractivity contribution is 5.73. The molecule has 0 saturated heterocycles. The number of carbonyl (C=O) groups is 1. The van der Waals surface area contributed by atoms with Crippen LogP contribution in [0.3, 0.4) is 0 Å². The van der Waals surface area contributed by atoms with E-state index in [1.165, 1.54) is 5.56 Å². The van der Waals surface area contributed by atoms with E-state index in [9.17, 15) is 9.90 Å². The van der Waals surface area contributed by atoms with Crippen molar-refractivity contribution in [2.75, 3.05) is 25.6 Å². The Kier molecular flexibility index (Phi) is 11.4. The maximum atomic E-state index is 11.2. The predicted octanol–water partition coefficient (Wildman–Crippen LogP) is 7.10. The van der Waals surface area contributed by atoms with Gasteiger partial charge in [0.15, 0.2) is 0 Å². The Labute approximate surface area is 226 Å². The quantitative estimate of drug-likeness (QED) is 0.198. The summed E-state index contributed by atoms with van der Waals surface area (Å²) in [6, 6.07) is 22.4. The third-order valence-electron chi connectivity index (χ3n) is 6.46. The van der Waals surface area contributed by atoms with Gasteiger partial charge < -0.3 is 19.9 Å². The van der Waals surface area contributed by atoms with Gasteiger partial charge in [-0.3, -0.25) is 9.78 Å². The van der Waals surface area contributed by atoms with Gasteiger partial charge in [-0.25, -0.2) is 0 Å². The van der Waals surface area contributed by atoms with Crippen molar-refractivity contribution in [1.82, 2.24) is 4.98 Å². The van der Waals surface area contributed by atoms with Crippen LogP contribution in [0.25, 0.3) is 12.2 Å². The first-order chi connectivity index (χ1) is 18.4. The zero-order valence-electron chi connectivity index (χ0n) is 22.8. The highest BCUT2D eigenvalue weighted by Gasteiger charge is 2.25. The monoisotopic (exact) mass is 516 g/mol. The van der Waals surface area contributed by atoms with E-state index in [2.05, 4.69) is 23.5 Å². The zero-order chi connectivity index (χ0) is 27.2. The number of pyridine rings is 1. The number of hydrogen-bond acceptors (Lipinski definition) is 5. The lowest BCUT2D eigenvalue weighted by Crippen LogP contribution is -2.24. The van der Waals surface area contributed by atoms with Gasteiger partial charge in [0.25, 0.3) is 0 Å². The van der Waals surface area contributed by atoms with E-state index in [-0.39, 0.29) is 0 Å². The first-order valence-electron chi connectivity index (χ1n) is 13.3. The molecule has 0 aliphatic rings. The van der Waals surface area contributed by atoms with Crippen LogP contribution in [0.4, 0.5) is 5.69 Å². The summed E-state index contributed by atoms with van der Waals surface area (Å²) in [7, 11) is 1.68. The van der Waals surface area contributed by atoms with Crippen LogP contribution in [0.1, 0.15) is 62.0 Å². The summed E-state index contributed by atoms with van der Waals surface area (Å²) in [5, 5.41) is 12.6. The van der Waals surface area contributed by atoms with Crippen LogP contribution < -0.4 is 10.1 Å². The van der Waals surface area contributed by atoms with E-state index < -0.39 is 11.4 Å². The number of aryl methyl sites for hydroxylation is 1. The summed E-state index contributed by atoms with van der Waals surface area (Å²) in [5.74, 6) is 0.132. The Morgan fingerprint density at radius 2 is 1.79 bits per heavy atom. The highest BCUT2D eigenvalue weighted by Crippen LogP contribution is 2.22.